The van der Waals surface area contributed by atoms with Crippen LogP contribution < -0.4 is 15.4 Å². The predicted molar refractivity (Wildman–Crippen MR) is 125 cm³/mol. The van der Waals surface area contributed by atoms with Crippen LogP contribution in [0.25, 0.3) is 10.2 Å². The van der Waals surface area contributed by atoms with Crippen LogP contribution in [0.15, 0.2) is 54.9 Å². The molecule has 1 aliphatic rings. The van der Waals surface area contributed by atoms with E-state index in [4.69, 9.17) is 10.5 Å². The third-order valence-electron chi connectivity index (χ3n) is 5.78. The van der Waals surface area contributed by atoms with Gasteiger partial charge in [0.05, 0.1) is 4.70 Å². The number of nitrogen functional groups attached to an aromatic ring is 1. The standard InChI is InChI=1S/C23H23FN6OS/c1-15(16-5-7-17(24)8-6-16)29-9-11-30(12-10-29)20-13-21(27-14-26-20)31-18-3-2-4-19-22(18)28-23(25)32-19/h2-8,13-15H,9-12H2,1H3,(H2,25,28). The molecule has 32 heavy (non-hydrogen) atoms. The molecule has 2 aromatic heterocycles. The van der Waals surface area contributed by atoms with Gasteiger partial charge in [0.2, 0.25) is 5.88 Å². The van der Waals surface area contributed by atoms with Gasteiger partial charge >= 0.3 is 0 Å². The lowest BCUT2D eigenvalue weighted by Crippen LogP contribution is -2.47. The number of hydrogen-bond donors (Lipinski definition) is 1. The number of aromatic nitrogens is 3. The minimum Gasteiger partial charge on any atom is -0.437 e. The molecule has 164 valence electrons. The fraction of sp³-hybridized carbons (Fsp3) is 0.261. The molecule has 0 spiro atoms. The van der Waals surface area contributed by atoms with Crippen LogP contribution in [-0.4, -0.2) is 46.0 Å². The van der Waals surface area contributed by atoms with Crippen LogP contribution in [0.3, 0.4) is 0 Å². The summed E-state index contributed by atoms with van der Waals surface area (Å²) in [6, 6.07) is 14.6. The summed E-state index contributed by atoms with van der Waals surface area (Å²) in [6.45, 7) is 5.60. The maximum Gasteiger partial charge on any atom is 0.224 e. The van der Waals surface area contributed by atoms with Crippen molar-refractivity contribution in [3.8, 4) is 11.6 Å². The quantitative estimate of drug-likeness (QED) is 0.480. The van der Waals surface area contributed by atoms with Gasteiger partial charge in [-0.3, -0.25) is 4.90 Å². The summed E-state index contributed by atoms with van der Waals surface area (Å²) >= 11 is 1.43. The summed E-state index contributed by atoms with van der Waals surface area (Å²) in [6.07, 6.45) is 1.52. The zero-order chi connectivity index (χ0) is 22.1. The van der Waals surface area contributed by atoms with Gasteiger partial charge < -0.3 is 15.4 Å². The Morgan fingerprint density at radius 1 is 1.06 bits per heavy atom. The molecule has 7 nitrogen and oxygen atoms in total. The first kappa shape index (κ1) is 20.6. The van der Waals surface area contributed by atoms with Gasteiger partial charge in [0.1, 0.15) is 23.5 Å². The van der Waals surface area contributed by atoms with Crippen LogP contribution in [0.2, 0.25) is 0 Å². The van der Waals surface area contributed by atoms with E-state index in [1.54, 1.807) is 0 Å². The number of anilines is 2. The van der Waals surface area contributed by atoms with E-state index in [2.05, 4.69) is 31.7 Å². The molecule has 2 aromatic carbocycles. The molecule has 2 N–H and O–H groups in total. The van der Waals surface area contributed by atoms with E-state index >= 15 is 0 Å². The highest BCUT2D eigenvalue weighted by molar-refractivity contribution is 7.22. The van der Waals surface area contributed by atoms with Crippen LogP contribution >= 0.6 is 11.3 Å². The number of rotatable bonds is 5. The average Bonchev–Trinajstić information content (AvgIpc) is 3.21. The van der Waals surface area contributed by atoms with E-state index in [1.165, 1.54) is 29.8 Å². The fourth-order valence-corrected chi connectivity index (χ4v) is 4.74. The summed E-state index contributed by atoms with van der Waals surface area (Å²) in [7, 11) is 0. The van der Waals surface area contributed by atoms with Crippen molar-refractivity contribution in [2.75, 3.05) is 36.8 Å². The maximum absolute atomic E-state index is 13.2. The van der Waals surface area contributed by atoms with Gasteiger partial charge in [-0.2, -0.15) is 0 Å². The predicted octanol–water partition coefficient (Wildman–Crippen LogP) is 4.48. The first-order valence-electron chi connectivity index (χ1n) is 10.5. The van der Waals surface area contributed by atoms with E-state index in [0.29, 0.717) is 16.8 Å². The Bertz CT molecular complexity index is 1220. The highest BCUT2D eigenvalue weighted by Gasteiger charge is 2.23. The zero-order valence-electron chi connectivity index (χ0n) is 17.6. The molecule has 1 aliphatic heterocycles. The second-order valence-electron chi connectivity index (χ2n) is 7.72. The van der Waals surface area contributed by atoms with Gasteiger partial charge in [-0.15, -0.1) is 0 Å². The van der Waals surface area contributed by atoms with Gasteiger partial charge in [0.15, 0.2) is 10.9 Å². The smallest absolute Gasteiger partial charge is 0.224 e. The Morgan fingerprint density at radius 3 is 2.62 bits per heavy atom. The van der Waals surface area contributed by atoms with E-state index < -0.39 is 0 Å². The first-order valence-corrected chi connectivity index (χ1v) is 11.3. The Labute approximate surface area is 189 Å². The van der Waals surface area contributed by atoms with Crippen molar-refractivity contribution < 1.29 is 9.13 Å². The minimum absolute atomic E-state index is 0.206. The molecule has 0 aliphatic carbocycles. The highest BCUT2D eigenvalue weighted by Crippen LogP contribution is 2.33. The summed E-state index contributed by atoms with van der Waals surface area (Å²) < 4.78 is 20.2. The Balaban J connectivity index is 1.26. The van der Waals surface area contributed by atoms with Gasteiger partial charge in [-0.25, -0.2) is 19.3 Å². The van der Waals surface area contributed by atoms with Crippen molar-refractivity contribution in [3.05, 3.63) is 66.2 Å². The molecule has 9 heteroatoms. The molecular weight excluding hydrogens is 427 g/mol. The van der Waals surface area contributed by atoms with Gasteiger partial charge in [0, 0.05) is 38.3 Å². The van der Waals surface area contributed by atoms with Crippen LogP contribution in [0, 0.1) is 5.82 Å². The molecule has 0 bridgehead atoms. The van der Waals surface area contributed by atoms with Crippen molar-refractivity contribution >= 4 is 32.5 Å². The number of halogens is 1. The number of ether oxygens (including phenoxy) is 1. The largest absolute Gasteiger partial charge is 0.437 e. The van der Waals surface area contributed by atoms with Crippen molar-refractivity contribution in [1.29, 1.82) is 0 Å². The van der Waals surface area contributed by atoms with Crippen molar-refractivity contribution in [3.63, 3.8) is 0 Å². The second kappa shape index (κ2) is 8.68. The van der Waals surface area contributed by atoms with Crippen molar-refractivity contribution in [1.82, 2.24) is 19.9 Å². The number of para-hydroxylation sites is 1. The van der Waals surface area contributed by atoms with Gasteiger partial charge in [-0.05, 0) is 36.8 Å². The van der Waals surface area contributed by atoms with E-state index in [0.717, 1.165) is 47.8 Å². The second-order valence-corrected chi connectivity index (χ2v) is 8.78. The SMILES string of the molecule is CC(c1ccc(F)cc1)N1CCN(c2cc(Oc3cccc4sc(N)nc34)ncn2)CC1. The Kier molecular flexibility index (Phi) is 5.59. The molecule has 0 amide bonds. The number of hydrogen-bond acceptors (Lipinski definition) is 8. The molecule has 1 unspecified atom stereocenters. The maximum atomic E-state index is 13.2. The molecule has 1 saturated heterocycles. The topological polar surface area (TPSA) is 80.4 Å². The lowest BCUT2D eigenvalue weighted by Gasteiger charge is -2.38. The number of nitrogens with zero attached hydrogens (tertiary/aromatic N) is 5. The number of piperazine rings is 1. The third-order valence-corrected chi connectivity index (χ3v) is 6.63. The summed E-state index contributed by atoms with van der Waals surface area (Å²) in [4.78, 5) is 17.7. The third kappa shape index (κ3) is 4.21. The minimum atomic E-state index is -0.206. The number of fused-ring (bicyclic) bond motifs is 1. The van der Waals surface area contributed by atoms with E-state index in [-0.39, 0.29) is 11.9 Å². The van der Waals surface area contributed by atoms with Crippen LogP contribution in [0.5, 0.6) is 11.6 Å². The summed E-state index contributed by atoms with van der Waals surface area (Å²) in [5.41, 5.74) is 7.70. The monoisotopic (exact) mass is 450 g/mol. The highest BCUT2D eigenvalue weighted by atomic mass is 32.1. The summed E-state index contributed by atoms with van der Waals surface area (Å²) in [5, 5.41) is 0.507. The Hall–Kier alpha value is -3.30. The van der Waals surface area contributed by atoms with Gasteiger partial charge in [-0.1, -0.05) is 29.5 Å². The molecule has 3 heterocycles. The Morgan fingerprint density at radius 2 is 1.84 bits per heavy atom. The fourth-order valence-electron chi connectivity index (χ4n) is 3.98. The first-order chi connectivity index (χ1) is 15.6. The lowest BCUT2D eigenvalue weighted by atomic mass is 10.1. The normalized spacial score (nSPS) is 15.8. The van der Waals surface area contributed by atoms with Crippen LogP contribution in [-0.2, 0) is 0 Å². The lowest BCUT2D eigenvalue weighted by molar-refractivity contribution is 0.198. The molecule has 5 rings (SSSR count). The van der Waals surface area contributed by atoms with E-state index in [1.807, 2.05) is 36.4 Å². The molecule has 0 saturated carbocycles. The molecule has 1 fully saturated rings. The van der Waals surface area contributed by atoms with Gasteiger partial charge in [0.25, 0.3) is 0 Å². The molecular formula is C23H23FN6OS. The number of nitrogens with two attached hydrogens (primary N) is 1. The van der Waals surface area contributed by atoms with Crippen LogP contribution in [0.1, 0.15) is 18.5 Å². The number of benzene rings is 2. The number of thiazole rings is 1. The molecule has 1 atom stereocenters. The van der Waals surface area contributed by atoms with Crippen molar-refractivity contribution in [2.45, 2.75) is 13.0 Å². The van der Waals surface area contributed by atoms with Crippen LogP contribution in [0.4, 0.5) is 15.3 Å². The zero-order valence-corrected chi connectivity index (χ0v) is 18.4. The molecule has 0 radical (unpaired) electrons. The van der Waals surface area contributed by atoms with Crippen molar-refractivity contribution in [2.24, 2.45) is 0 Å². The molecule has 4 aromatic rings. The summed E-state index contributed by atoms with van der Waals surface area (Å²) in [5.74, 6) is 1.71. The van der Waals surface area contributed by atoms with E-state index in [9.17, 15) is 4.39 Å². The average molecular weight is 451 g/mol.